The summed E-state index contributed by atoms with van der Waals surface area (Å²) in [5.41, 5.74) is 4.70. The second kappa shape index (κ2) is 11.0. The molecular weight excluding hydrogens is 398 g/mol. The van der Waals surface area contributed by atoms with E-state index in [1.807, 2.05) is 24.3 Å². The van der Waals surface area contributed by atoms with Crippen LogP contribution in [0.2, 0.25) is 0 Å². The number of pyridine rings is 1. The Bertz CT molecular complexity index is 977. The molecule has 2 aromatic carbocycles. The number of nitrogens with one attached hydrogen (secondary N) is 1. The number of benzene rings is 2. The first-order chi connectivity index (χ1) is 15.7. The van der Waals surface area contributed by atoms with Gasteiger partial charge in [0.05, 0.1) is 11.7 Å². The third-order valence-electron chi connectivity index (χ3n) is 6.08. The van der Waals surface area contributed by atoms with E-state index in [1.54, 1.807) is 13.3 Å². The van der Waals surface area contributed by atoms with Crippen LogP contribution in [0.25, 0.3) is 11.1 Å². The molecule has 0 unspecified atom stereocenters. The van der Waals surface area contributed by atoms with Crippen molar-refractivity contribution in [2.45, 2.75) is 25.4 Å². The zero-order valence-electron chi connectivity index (χ0n) is 18.6. The SMILES string of the molecule is COCC(=O)N[C@H](c1ccccn1)[C@@H]1CCCN(Cc2ccc(-c3ccccc3)cc2)C1. The molecule has 0 saturated carbocycles. The van der Waals surface area contributed by atoms with E-state index < -0.39 is 0 Å². The number of aromatic nitrogens is 1. The molecule has 4 rings (SSSR count). The second-order valence-corrected chi connectivity index (χ2v) is 8.43. The van der Waals surface area contributed by atoms with Crippen molar-refractivity contribution in [2.24, 2.45) is 5.92 Å². The van der Waals surface area contributed by atoms with Crippen LogP contribution in [0.4, 0.5) is 0 Å². The van der Waals surface area contributed by atoms with Crippen LogP contribution in [0.5, 0.6) is 0 Å². The summed E-state index contributed by atoms with van der Waals surface area (Å²) in [5, 5.41) is 3.16. The molecule has 2 atom stereocenters. The maximum atomic E-state index is 12.3. The highest BCUT2D eigenvalue weighted by Gasteiger charge is 2.30. The fourth-order valence-electron chi connectivity index (χ4n) is 4.54. The van der Waals surface area contributed by atoms with Gasteiger partial charge in [0.25, 0.3) is 0 Å². The largest absolute Gasteiger partial charge is 0.375 e. The van der Waals surface area contributed by atoms with Gasteiger partial charge >= 0.3 is 0 Å². The van der Waals surface area contributed by atoms with Gasteiger partial charge in [-0.25, -0.2) is 0 Å². The quantitative estimate of drug-likeness (QED) is 0.574. The predicted octanol–water partition coefficient (Wildman–Crippen LogP) is 4.46. The molecule has 166 valence electrons. The summed E-state index contributed by atoms with van der Waals surface area (Å²) in [4.78, 5) is 19.3. The number of carbonyl (C=O) groups is 1. The summed E-state index contributed by atoms with van der Waals surface area (Å²) in [6, 6.07) is 25.1. The van der Waals surface area contributed by atoms with Gasteiger partial charge in [-0.3, -0.25) is 14.7 Å². The molecule has 32 heavy (non-hydrogen) atoms. The van der Waals surface area contributed by atoms with Gasteiger partial charge < -0.3 is 10.1 Å². The fourth-order valence-corrected chi connectivity index (χ4v) is 4.54. The lowest BCUT2D eigenvalue weighted by atomic mass is 9.88. The predicted molar refractivity (Wildman–Crippen MR) is 127 cm³/mol. The number of likely N-dealkylation sites (tertiary alicyclic amines) is 1. The fraction of sp³-hybridized carbons (Fsp3) is 0.333. The van der Waals surface area contributed by atoms with Gasteiger partial charge in [0.15, 0.2) is 0 Å². The van der Waals surface area contributed by atoms with Crippen molar-refractivity contribution in [2.75, 3.05) is 26.8 Å². The van der Waals surface area contributed by atoms with E-state index in [0.717, 1.165) is 38.2 Å². The highest BCUT2D eigenvalue weighted by atomic mass is 16.5. The van der Waals surface area contributed by atoms with E-state index >= 15 is 0 Å². The number of methoxy groups -OCH3 is 1. The van der Waals surface area contributed by atoms with Crippen molar-refractivity contribution >= 4 is 5.91 Å². The van der Waals surface area contributed by atoms with Gasteiger partial charge in [0.2, 0.25) is 5.91 Å². The number of piperidine rings is 1. The van der Waals surface area contributed by atoms with E-state index in [2.05, 4.69) is 63.7 Å². The molecule has 0 radical (unpaired) electrons. The smallest absolute Gasteiger partial charge is 0.246 e. The van der Waals surface area contributed by atoms with Gasteiger partial charge in [0.1, 0.15) is 6.61 Å². The first kappa shape index (κ1) is 22.2. The minimum absolute atomic E-state index is 0.0630. The second-order valence-electron chi connectivity index (χ2n) is 8.43. The maximum Gasteiger partial charge on any atom is 0.246 e. The summed E-state index contributed by atoms with van der Waals surface area (Å²) < 4.78 is 5.03. The summed E-state index contributed by atoms with van der Waals surface area (Å²) in [6.45, 7) is 2.97. The van der Waals surface area contributed by atoms with Crippen LogP contribution in [0.15, 0.2) is 79.0 Å². The molecule has 1 N–H and O–H groups in total. The Labute approximate surface area is 190 Å². The summed E-state index contributed by atoms with van der Waals surface area (Å²) in [5.74, 6) is 0.208. The number of ether oxygens (including phenoxy) is 1. The van der Waals surface area contributed by atoms with Gasteiger partial charge in [-0.1, -0.05) is 60.7 Å². The van der Waals surface area contributed by atoms with Crippen molar-refractivity contribution in [1.29, 1.82) is 0 Å². The lowest BCUT2D eigenvalue weighted by Crippen LogP contribution is -2.43. The number of rotatable bonds is 8. The average Bonchev–Trinajstić information content (AvgIpc) is 2.84. The van der Waals surface area contributed by atoms with Gasteiger partial charge in [-0.15, -0.1) is 0 Å². The van der Waals surface area contributed by atoms with Crippen LogP contribution in [0.3, 0.4) is 0 Å². The number of hydrogen-bond donors (Lipinski definition) is 1. The number of amides is 1. The Kier molecular flexibility index (Phi) is 7.64. The average molecular weight is 430 g/mol. The Morgan fingerprint density at radius 2 is 1.81 bits per heavy atom. The van der Waals surface area contributed by atoms with Crippen LogP contribution in [0.1, 0.15) is 30.1 Å². The number of hydrogen-bond acceptors (Lipinski definition) is 4. The minimum atomic E-state index is -0.109. The number of nitrogens with zero attached hydrogens (tertiary/aromatic N) is 2. The molecule has 2 heterocycles. The molecule has 5 nitrogen and oxygen atoms in total. The molecule has 1 aliphatic heterocycles. The molecule has 0 bridgehead atoms. The van der Waals surface area contributed by atoms with E-state index in [-0.39, 0.29) is 18.6 Å². The van der Waals surface area contributed by atoms with Crippen molar-refractivity contribution < 1.29 is 9.53 Å². The summed E-state index contributed by atoms with van der Waals surface area (Å²) >= 11 is 0. The molecule has 5 heteroatoms. The van der Waals surface area contributed by atoms with Crippen LogP contribution >= 0.6 is 0 Å². The Balaban J connectivity index is 1.43. The molecule has 1 aromatic heterocycles. The normalized spacial score (nSPS) is 17.6. The van der Waals surface area contributed by atoms with Gasteiger partial charge in [-0.2, -0.15) is 0 Å². The lowest BCUT2D eigenvalue weighted by molar-refractivity contribution is -0.126. The monoisotopic (exact) mass is 429 g/mol. The van der Waals surface area contributed by atoms with Crippen LogP contribution in [0, 0.1) is 5.92 Å². The third-order valence-corrected chi connectivity index (χ3v) is 6.08. The molecular formula is C27H31N3O2. The van der Waals surface area contributed by atoms with E-state index in [9.17, 15) is 4.79 Å². The Morgan fingerprint density at radius 3 is 2.53 bits per heavy atom. The van der Waals surface area contributed by atoms with Crippen LogP contribution in [-0.2, 0) is 16.1 Å². The molecule has 0 aliphatic carbocycles. The first-order valence-electron chi connectivity index (χ1n) is 11.3. The molecule has 1 aliphatic rings. The third kappa shape index (κ3) is 5.81. The topological polar surface area (TPSA) is 54.5 Å². The van der Waals surface area contributed by atoms with Crippen LogP contribution < -0.4 is 5.32 Å². The molecule has 1 fully saturated rings. The van der Waals surface area contributed by atoms with Crippen molar-refractivity contribution in [3.63, 3.8) is 0 Å². The Hall–Kier alpha value is -3.02. The zero-order valence-corrected chi connectivity index (χ0v) is 18.6. The summed E-state index contributed by atoms with van der Waals surface area (Å²) in [6.07, 6.45) is 3.97. The molecule has 1 amide bonds. The van der Waals surface area contributed by atoms with Crippen LogP contribution in [-0.4, -0.2) is 42.6 Å². The molecule has 3 aromatic rings. The van der Waals surface area contributed by atoms with Crippen molar-refractivity contribution in [3.05, 3.63) is 90.3 Å². The molecule has 0 spiro atoms. The van der Waals surface area contributed by atoms with E-state index in [0.29, 0.717) is 5.92 Å². The van der Waals surface area contributed by atoms with Gasteiger partial charge in [-0.05, 0) is 54.1 Å². The van der Waals surface area contributed by atoms with Crippen molar-refractivity contribution in [3.8, 4) is 11.1 Å². The van der Waals surface area contributed by atoms with Crippen molar-refractivity contribution in [1.82, 2.24) is 15.2 Å². The maximum absolute atomic E-state index is 12.3. The minimum Gasteiger partial charge on any atom is -0.375 e. The highest BCUT2D eigenvalue weighted by molar-refractivity contribution is 5.77. The lowest BCUT2D eigenvalue weighted by Gasteiger charge is -2.37. The van der Waals surface area contributed by atoms with E-state index in [1.165, 1.54) is 16.7 Å². The first-order valence-corrected chi connectivity index (χ1v) is 11.3. The Morgan fingerprint density at radius 1 is 1.06 bits per heavy atom. The molecule has 1 saturated heterocycles. The number of carbonyl (C=O) groups excluding carboxylic acids is 1. The highest BCUT2D eigenvalue weighted by Crippen LogP contribution is 2.30. The van der Waals surface area contributed by atoms with E-state index in [4.69, 9.17) is 4.74 Å². The zero-order chi connectivity index (χ0) is 22.2. The standard InChI is InChI=1S/C27H31N3O2/c1-32-20-26(31)29-27(25-11-5-6-16-28-25)24-10-7-17-30(19-24)18-21-12-14-23(15-13-21)22-8-3-2-4-9-22/h2-6,8-9,11-16,24,27H,7,10,17-20H2,1H3,(H,29,31)/t24-,27+/m1/s1. The summed E-state index contributed by atoms with van der Waals surface area (Å²) in [7, 11) is 1.54. The van der Waals surface area contributed by atoms with Gasteiger partial charge in [0, 0.05) is 26.4 Å².